The SMILES string of the molecule is Cc1c2c(C)c3c(C)c1OP(=O)(O2)O3. The van der Waals surface area contributed by atoms with Gasteiger partial charge in [-0.3, -0.25) is 0 Å². The third kappa shape index (κ3) is 0.735. The maximum Gasteiger partial charge on any atom is 0.647 e. The second-order valence-electron chi connectivity index (χ2n) is 3.58. The minimum absolute atomic E-state index is 0.654. The first kappa shape index (κ1) is 8.18. The summed E-state index contributed by atoms with van der Waals surface area (Å²) in [5.74, 6) is 1.96. The Balaban J connectivity index is 2.48. The van der Waals surface area contributed by atoms with Crippen molar-refractivity contribution in [3.8, 4) is 17.2 Å². The van der Waals surface area contributed by atoms with E-state index in [-0.39, 0.29) is 0 Å². The van der Waals surface area contributed by atoms with E-state index in [1.54, 1.807) is 0 Å². The molecule has 4 bridgehead atoms. The maximum atomic E-state index is 11.8. The molecule has 0 aliphatic carbocycles. The molecule has 74 valence electrons. The number of hydrogen-bond donors (Lipinski definition) is 0. The molecule has 0 fully saturated rings. The Morgan fingerprint density at radius 2 is 1.07 bits per heavy atom. The Labute approximate surface area is 81.4 Å². The highest BCUT2D eigenvalue weighted by Gasteiger charge is 2.47. The number of rotatable bonds is 0. The minimum Gasteiger partial charge on any atom is -0.385 e. The number of hydrogen-bond acceptors (Lipinski definition) is 4. The molecular formula is C9H9O4P. The molecule has 4 rings (SSSR count). The molecule has 5 heteroatoms. The second-order valence-corrected chi connectivity index (χ2v) is 5.03. The van der Waals surface area contributed by atoms with Crippen LogP contribution in [0.1, 0.15) is 16.7 Å². The molecule has 0 atom stereocenters. The van der Waals surface area contributed by atoms with E-state index in [1.807, 2.05) is 20.8 Å². The lowest BCUT2D eigenvalue weighted by Gasteiger charge is -2.35. The molecular weight excluding hydrogens is 203 g/mol. The summed E-state index contributed by atoms with van der Waals surface area (Å²) in [6.07, 6.45) is 0. The summed E-state index contributed by atoms with van der Waals surface area (Å²) in [5, 5.41) is 0. The summed E-state index contributed by atoms with van der Waals surface area (Å²) in [4.78, 5) is 0. The molecule has 0 unspecified atom stereocenters. The predicted molar refractivity (Wildman–Crippen MR) is 50.1 cm³/mol. The summed E-state index contributed by atoms with van der Waals surface area (Å²) in [5.41, 5.74) is 2.70. The van der Waals surface area contributed by atoms with E-state index in [4.69, 9.17) is 13.6 Å². The van der Waals surface area contributed by atoms with Crippen molar-refractivity contribution < 1.29 is 18.1 Å². The number of phosphoric acid groups is 1. The standard InChI is InChI=1S/C9H9O4P/c1-4-7-5(2)9-6(3)8(4)12-14(10,11-7)13-9/h1-3H3. The lowest BCUT2D eigenvalue weighted by atomic mass is 10.0. The Hall–Kier alpha value is -1.15. The van der Waals surface area contributed by atoms with Crippen LogP contribution in [0.3, 0.4) is 0 Å². The maximum absolute atomic E-state index is 11.8. The van der Waals surface area contributed by atoms with Gasteiger partial charge in [-0.25, -0.2) is 0 Å². The van der Waals surface area contributed by atoms with Gasteiger partial charge in [-0.15, -0.1) is 0 Å². The van der Waals surface area contributed by atoms with E-state index < -0.39 is 7.82 Å². The first-order valence-corrected chi connectivity index (χ1v) is 5.80. The Bertz CT molecular complexity index is 414. The van der Waals surface area contributed by atoms with Crippen molar-refractivity contribution in [2.45, 2.75) is 20.8 Å². The Morgan fingerprint density at radius 1 is 0.786 bits per heavy atom. The zero-order chi connectivity index (χ0) is 10.1. The molecule has 0 spiro atoms. The molecule has 3 aliphatic heterocycles. The summed E-state index contributed by atoms with van der Waals surface area (Å²) >= 11 is 0. The van der Waals surface area contributed by atoms with E-state index in [1.165, 1.54) is 0 Å². The van der Waals surface area contributed by atoms with Gasteiger partial charge in [0.1, 0.15) is 17.2 Å². The van der Waals surface area contributed by atoms with Crippen molar-refractivity contribution in [2.24, 2.45) is 0 Å². The van der Waals surface area contributed by atoms with Gasteiger partial charge in [0.15, 0.2) is 0 Å². The van der Waals surface area contributed by atoms with Gasteiger partial charge in [-0.1, -0.05) is 0 Å². The highest BCUT2D eigenvalue weighted by atomic mass is 31.2. The molecule has 1 aromatic carbocycles. The zero-order valence-electron chi connectivity index (χ0n) is 8.08. The molecule has 0 amide bonds. The van der Waals surface area contributed by atoms with Crippen molar-refractivity contribution in [2.75, 3.05) is 0 Å². The number of phosphoric ester groups is 1. The van der Waals surface area contributed by atoms with E-state index >= 15 is 0 Å². The largest absolute Gasteiger partial charge is 0.647 e. The molecule has 0 N–H and O–H groups in total. The molecule has 0 saturated carbocycles. The van der Waals surface area contributed by atoms with Gasteiger partial charge in [-0.2, -0.15) is 4.57 Å². The summed E-state index contributed by atoms with van der Waals surface area (Å²) < 4.78 is 27.3. The van der Waals surface area contributed by atoms with Crippen molar-refractivity contribution in [3.63, 3.8) is 0 Å². The third-order valence-corrected chi connectivity index (χ3v) is 3.87. The smallest absolute Gasteiger partial charge is 0.385 e. The molecule has 0 aromatic heterocycles. The molecule has 4 nitrogen and oxygen atoms in total. The fourth-order valence-electron chi connectivity index (χ4n) is 1.96. The molecule has 14 heavy (non-hydrogen) atoms. The first-order valence-electron chi connectivity index (χ1n) is 4.34. The minimum atomic E-state index is -3.36. The van der Waals surface area contributed by atoms with Crippen molar-refractivity contribution in [1.82, 2.24) is 0 Å². The summed E-state index contributed by atoms with van der Waals surface area (Å²) in [6.45, 7) is 5.68. The van der Waals surface area contributed by atoms with Gasteiger partial charge < -0.3 is 13.6 Å². The highest BCUT2D eigenvalue weighted by molar-refractivity contribution is 7.50. The quantitative estimate of drug-likeness (QED) is 0.620. The molecule has 3 aliphatic rings. The van der Waals surface area contributed by atoms with Crippen LogP contribution in [0.4, 0.5) is 0 Å². The third-order valence-electron chi connectivity index (χ3n) is 2.65. The first-order chi connectivity index (χ1) is 6.52. The van der Waals surface area contributed by atoms with Gasteiger partial charge in [0.25, 0.3) is 0 Å². The van der Waals surface area contributed by atoms with Gasteiger partial charge in [-0.05, 0) is 20.8 Å². The second kappa shape index (κ2) is 2.09. The fraction of sp³-hybridized carbons (Fsp3) is 0.333. The van der Waals surface area contributed by atoms with E-state index in [0.29, 0.717) is 17.2 Å². The molecule has 1 aromatic rings. The number of benzene rings is 1. The van der Waals surface area contributed by atoms with Gasteiger partial charge in [0.2, 0.25) is 0 Å². The van der Waals surface area contributed by atoms with Crippen LogP contribution in [0.5, 0.6) is 17.2 Å². The molecule has 3 heterocycles. The Kier molecular flexibility index (Phi) is 1.22. The summed E-state index contributed by atoms with van der Waals surface area (Å²) in [7, 11) is -3.36. The Morgan fingerprint density at radius 3 is 1.36 bits per heavy atom. The van der Waals surface area contributed by atoms with Gasteiger partial charge in [0, 0.05) is 16.7 Å². The lowest BCUT2D eigenvalue weighted by molar-refractivity contribution is 0.260. The van der Waals surface area contributed by atoms with E-state index in [9.17, 15) is 4.57 Å². The van der Waals surface area contributed by atoms with Crippen molar-refractivity contribution >= 4 is 7.82 Å². The zero-order valence-corrected chi connectivity index (χ0v) is 8.97. The molecule has 0 radical (unpaired) electrons. The highest BCUT2D eigenvalue weighted by Crippen LogP contribution is 2.65. The lowest BCUT2D eigenvalue weighted by Crippen LogP contribution is -2.21. The normalized spacial score (nSPS) is 18.8. The molecule has 0 saturated heterocycles. The van der Waals surface area contributed by atoms with Crippen LogP contribution in [0, 0.1) is 20.8 Å². The summed E-state index contributed by atoms with van der Waals surface area (Å²) in [6, 6.07) is 0. The van der Waals surface area contributed by atoms with E-state index in [0.717, 1.165) is 16.7 Å². The predicted octanol–water partition coefficient (Wildman–Crippen LogP) is 2.88. The van der Waals surface area contributed by atoms with Crippen LogP contribution in [0.25, 0.3) is 0 Å². The monoisotopic (exact) mass is 212 g/mol. The van der Waals surface area contributed by atoms with Crippen LogP contribution in [0.2, 0.25) is 0 Å². The van der Waals surface area contributed by atoms with E-state index in [2.05, 4.69) is 0 Å². The van der Waals surface area contributed by atoms with Crippen LogP contribution >= 0.6 is 7.82 Å². The van der Waals surface area contributed by atoms with Crippen LogP contribution < -0.4 is 13.6 Å². The average Bonchev–Trinajstić information content (AvgIpc) is 2.14. The van der Waals surface area contributed by atoms with Crippen LogP contribution in [0.15, 0.2) is 0 Å². The fourth-order valence-corrected chi connectivity index (χ4v) is 3.56. The van der Waals surface area contributed by atoms with Gasteiger partial charge >= 0.3 is 7.82 Å². The van der Waals surface area contributed by atoms with Gasteiger partial charge in [0.05, 0.1) is 0 Å². The van der Waals surface area contributed by atoms with Crippen LogP contribution in [-0.4, -0.2) is 0 Å². The van der Waals surface area contributed by atoms with Crippen molar-refractivity contribution in [3.05, 3.63) is 16.7 Å². The topological polar surface area (TPSA) is 44.8 Å². The van der Waals surface area contributed by atoms with Crippen LogP contribution in [-0.2, 0) is 4.57 Å². The van der Waals surface area contributed by atoms with Crippen molar-refractivity contribution in [1.29, 1.82) is 0 Å². The average molecular weight is 212 g/mol.